The number of amides is 2. The second kappa shape index (κ2) is 11.0. The number of urea groups is 1. The number of thioether (sulfide) groups is 1. The van der Waals surface area contributed by atoms with Gasteiger partial charge in [-0.3, -0.25) is 0 Å². The first-order valence-electron chi connectivity index (χ1n) is 10.5. The van der Waals surface area contributed by atoms with E-state index >= 15 is 0 Å². The molecule has 1 aliphatic heterocycles. The van der Waals surface area contributed by atoms with Gasteiger partial charge >= 0.3 is 18.8 Å². The van der Waals surface area contributed by atoms with E-state index in [1.54, 1.807) is 36.0 Å². The van der Waals surface area contributed by atoms with Crippen molar-refractivity contribution < 1.29 is 31.5 Å². The Morgan fingerprint density at radius 3 is 2.54 bits per heavy atom. The summed E-state index contributed by atoms with van der Waals surface area (Å²) in [5.41, 5.74) is -0.525. The highest BCUT2D eigenvalue weighted by Gasteiger charge is 2.41. The van der Waals surface area contributed by atoms with E-state index in [1.807, 2.05) is 13.2 Å². The van der Waals surface area contributed by atoms with E-state index in [4.69, 9.17) is 11.6 Å². The Morgan fingerprint density at radius 1 is 1.26 bits per heavy atom. The number of carbonyl (C=O) groups is 1. The fourth-order valence-electron chi connectivity index (χ4n) is 3.83. The molecular weight excluding hydrogens is 513 g/mol. The van der Waals surface area contributed by atoms with E-state index in [1.165, 1.54) is 5.01 Å². The van der Waals surface area contributed by atoms with Crippen LogP contribution in [0.1, 0.15) is 30.9 Å². The van der Waals surface area contributed by atoms with Crippen LogP contribution in [-0.4, -0.2) is 41.9 Å². The van der Waals surface area contributed by atoms with Gasteiger partial charge in [0.1, 0.15) is 5.75 Å². The number of ether oxygens (including phenoxy) is 1. The first-order valence-corrected chi connectivity index (χ1v) is 12.3. The van der Waals surface area contributed by atoms with Crippen LogP contribution in [0.3, 0.4) is 0 Å². The number of benzene rings is 2. The fourth-order valence-corrected chi connectivity index (χ4v) is 4.39. The van der Waals surface area contributed by atoms with Gasteiger partial charge in [-0.25, -0.2) is 9.80 Å². The molecule has 0 radical (unpaired) electrons. The van der Waals surface area contributed by atoms with Gasteiger partial charge in [-0.15, -0.1) is 0 Å². The van der Waals surface area contributed by atoms with Gasteiger partial charge in [-0.2, -0.15) is 38.8 Å². The van der Waals surface area contributed by atoms with Crippen molar-refractivity contribution in [1.29, 1.82) is 0 Å². The Balaban J connectivity index is 1.86. The fraction of sp³-hybridized carbons (Fsp3) is 0.391. The second-order valence-corrected chi connectivity index (χ2v) is 9.61. The lowest BCUT2D eigenvalue weighted by Crippen LogP contribution is -2.35. The zero-order valence-electron chi connectivity index (χ0n) is 18.8. The van der Waals surface area contributed by atoms with Crippen LogP contribution in [-0.2, 0) is 6.18 Å². The molecule has 2 aromatic carbocycles. The number of hydrogen-bond acceptors (Lipinski definition) is 4. The Bertz CT molecular complexity index is 1080. The van der Waals surface area contributed by atoms with Crippen molar-refractivity contribution in [2.24, 2.45) is 10.5 Å². The Labute approximate surface area is 208 Å². The molecule has 5 nitrogen and oxygen atoms in total. The molecule has 190 valence electrons. The number of nitrogens with zero attached hydrogens (tertiary/aromatic N) is 2. The number of carbonyl (C=O) groups excluding carboxylic acids is 1. The maximum Gasteiger partial charge on any atom is 0.419 e. The largest absolute Gasteiger partial charge is 0.434 e. The van der Waals surface area contributed by atoms with E-state index in [0.29, 0.717) is 22.9 Å². The number of rotatable bonds is 8. The van der Waals surface area contributed by atoms with Gasteiger partial charge in [-0.05, 0) is 54.7 Å². The molecule has 0 saturated heterocycles. The molecule has 0 fully saturated rings. The minimum atomic E-state index is -4.90. The maximum atomic E-state index is 13.1. The van der Waals surface area contributed by atoms with E-state index in [9.17, 15) is 26.7 Å². The summed E-state index contributed by atoms with van der Waals surface area (Å²) in [6.45, 7) is -1.25. The average molecular weight is 536 g/mol. The minimum Gasteiger partial charge on any atom is -0.434 e. The van der Waals surface area contributed by atoms with Crippen LogP contribution in [0.5, 0.6) is 5.75 Å². The van der Waals surface area contributed by atoms with Crippen LogP contribution in [0, 0.1) is 5.41 Å². The van der Waals surface area contributed by atoms with Gasteiger partial charge in [0, 0.05) is 22.2 Å². The van der Waals surface area contributed by atoms with Crippen molar-refractivity contribution in [3.05, 3.63) is 58.6 Å². The summed E-state index contributed by atoms with van der Waals surface area (Å²) in [7, 11) is 0. The summed E-state index contributed by atoms with van der Waals surface area (Å²) in [6, 6.07) is 8.59. The SMILES string of the molecule is CSCCCC1(C)CN(C(=O)Nc2ccc(C(F)(F)F)c(OC(F)F)c2)N=C1c1ccc(Cl)cc1. The summed E-state index contributed by atoms with van der Waals surface area (Å²) in [5.74, 6) is -0.160. The van der Waals surface area contributed by atoms with Crippen LogP contribution < -0.4 is 10.1 Å². The monoisotopic (exact) mass is 535 g/mol. The summed E-state index contributed by atoms with van der Waals surface area (Å²) in [6.07, 6.45) is -1.28. The second-order valence-electron chi connectivity index (χ2n) is 8.19. The molecule has 0 aromatic heterocycles. The number of anilines is 1. The van der Waals surface area contributed by atoms with Crippen molar-refractivity contribution in [2.75, 3.05) is 23.9 Å². The highest BCUT2D eigenvalue weighted by Crippen LogP contribution is 2.39. The topological polar surface area (TPSA) is 53.9 Å². The first kappa shape index (κ1) is 27.1. The van der Waals surface area contributed by atoms with Gasteiger partial charge in [0.15, 0.2) is 0 Å². The number of alkyl halides is 5. The number of hydrazone groups is 1. The third-order valence-electron chi connectivity index (χ3n) is 5.47. The van der Waals surface area contributed by atoms with Gasteiger partial charge < -0.3 is 10.1 Å². The maximum absolute atomic E-state index is 13.1. The van der Waals surface area contributed by atoms with E-state index < -0.39 is 35.5 Å². The van der Waals surface area contributed by atoms with Crippen molar-refractivity contribution in [1.82, 2.24) is 5.01 Å². The van der Waals surface area contributed by atoms with Crippen LogP contribution in [0.2, 0.25) is 5.02 Å². The molecule has 0 saturated carbocycles. The van der Waals surface area contributed by atoms with Crippen LogP contribution >= 0.6 is 23.4 Å². The van der Waals surface area contributed by atoms with Crippen molar-refractivity contribution in [2.45, 2.75) is 32.6 Å². The van der Waals surface area contributed by atoms with Gasteiger partial charge in [-0.1, -0.05) is 30.7 Å². The molecule has 1 heterocycles. The lowest BCUT2D eigenvalue weighted by atomic mass is 9.78. The normalized spacial score (nSPS) is 18.1. The number of nitrogens with one attached hydrogen (secondary N) is 1. The smallest absolute Gasteiger partial charge is 0.419 e. The molecule has 35 heavy (non-hydrogen) atoms. The van der Waals surface area contributed by atoms with Crippen LogP contribution in [0.4, 0.5) is 32.4 Å². The van der Waals surface area contributed by atoms with E-state index in [-0.39, 0.29) is 12.2 Å². The molecule has 0 spiro atoms. The summed E-state index contributed by atoms with van der Waals surface area (Å²) in [5, 5.41) is 8.67. The quantitative estimate of drug-likeness (QED) is 0.284. The third-order valence-corrected chi connectivity index (χ3v) is 6.42. The molecule has 0 bridgehead atoms. The van der Waals surface area contributed by atoms with Crippen LogP contribution in [0.15, 0.2) is 47.6 Å². The lowest BCUT2D eigenvalue weighted by molar-refractivity contribution is -0.141. The summed E-state index contributed by atoms with van der Waals surface area (Å²) >= 11 is 7.70. The van der Waals surface area contributed by atoms with Gasteiger partial charge in [0.2, 0.25) is 0 Å². The highest BCUT2D eigenvalue weighted by molar-refractivity contribution is 7.98. The first-order chi connectivity index (χ1) is 16.4. The average Bonchev–Trinajstić information content (AvgIpc) is 3.11. The minimum absolute atomic E-state index is 0.141. The van der Waals surface area contributed by atoms with Crippen LogP contribution in [0.25, 0.3) is 0 Å². The Morgan fingerprint density at radius 2 is 1.94 bits per heavy atom. The van der Waals surface area contributed by atoms with Gasteiger partial charge in [0.25, 0.3) is 0 Å². The Hall–Kier alpha value is -2.53. The summed E-state index contributed by atoms with van der Waals surface area (Å²) in [4.78, 5) is 13.0. The summed E-state index contributed by atoms with van der Waals surface area (Å²) < 4.78 is 68.7. The van der Waals surface area contributed by atoms with E-state index in [2.05, 4.69) is 15.2 Å². The third kappa shape index (κ3) is 6.78. The molecular formula is C23H23ClF5N3O2S. The predicted octanol–water partition coefficient (Wildman–Crippen LogP) is 7.36. The molecule has 1 unspecified atom stereocenters. The highest BCUT2D eigenvalue weighted by atomic mass is 35.5. The number of halogens is 6. The molecule has 0 aliphatic carbocycles. The van der Waals surface area contributed by atoms with Crippen molar-refractivity contribution in [3.8, 4) is 5.75 Å². The zero-order chi connectivity index (χ0) is 25.8. The zero-order valence-corrected chi connectivity index (χ0v) is 20.4. The molecule has 1 atom stereocenters. The molecule has 3 rings (SSSR count). The number of hydrogen-bond donors (Lipinski definition) is 1. The standard InChI is InChI=1S/C23H23ClF5N3O2S/c1-22(10-3-11-35-2)13-32(31-19(22)14-4-6-15(24)7-5-14)21(33)30-16-8-9-17(23(27,28)29)18(12-16)34-20(25)26/h4-9,12,20H,3,10-11,13H2,1-2H3,(H,30,33). The Kier molecular flexibility index (Phi) is 8.53. The molecule has 2 aromatic rings. The molecule has 2 amide bonds. The molecule has 1 N–H and O–H groups in total. The van der Waals surface area contributed by atoms with Crippen molar-refractivity contribution >= 4 is 40.8 Å². The van der Waals surface area contributed by atoms with E-state index in [0.717, 1.165) is 30.2 Å². The van der Waals surface area contributed by atoms with Crippen molar-refractivity contribution in [3.63, 3.8) is 0 Å². The van der Waals surface area contributed by atoms with Gasteiger partial charge in [0.05, 0.1) is 17.8 Å². The molecule has 12 heteroatoms. The molecule has 1 aliphatic rings. The lowest BCUT2D eigenvalue weighted by Gasteiger charge is -2.26. The predicted molar refractivity (Wildman–Crippen MR) is 128 cm³/mol.